The van der Waals surface area contributed by atoms with Gasteiger partial charge in [-0.25, -0.2) is 4.39 Å². The van der Waals surface area contributed by atoms with Crippen LogP contribution in [0.5, 0.6) is 0 Å². The van der Waals surface area contributed by atoms with Gasteiger partial charge in [-0.3, -0.25) is 4.98 Å². The second kappa shape index (κ2) is 4.41. The highest BCUT2D eigenvalue weighted by atomic mass is 19.1. The monoisotopic (exact) mass is 216 g/mol. The van der Waals surface area contributed by atoms with Crippen molar-refractivity contribution in [1.82, 2.24) is 4.98 Å². The highest BCUT2D eigenvalue weighted by Crippen LogP contribution is 2.21. The minimum Gasteiger partial charge on any atom is -0.319 e. The normalized spacial score (nSPS) is 12.4. The van der Waals surface area contributed by atoms with Crippen LogP contribution < -0.4 is 5.73 Å². The third kappa shape index (κ3) is 2.09. The van der Waals surface area contributed by atoms with Crippen LogP contribution in [0.15, 0.2) is 42.6 Å². The molecule has 0 bridgehead atoms. The number of pyridine rings is 1. The van der Waals surface area contributed by atoms with Crippen LogP contribution in [0, 0.1) is 12.7 Å². The smallest absolute Gasteiger partial charge is 0.128 e. The van der Waals surface area contributed by atoms with Gasteiger partial charge in [0.2, 0.25) is 0 Å². The van der Waals surface area contributed by atoms with E-state index in [1.807, 2.05) is 19.1 Å². The number of halogens is 1. The Hall–Kier alpha value is -1.74. The summed E-state index contributed by atoms with van der Waals surface area (Å²) in [5.41, 5.74) is 8.13. The molecule has 1 aromatic carbocycles. The van der Waals surface area contributed by atoms with Crippen molar-refractivity contribution < 1.29 is 4.39 Å². The number of hydrogen-bond acceptors (Lipinski definition) is 2. The van der Waals surface area contributed by atoms with Crippen LogP contribution in [0.1, 0.15) is 22.9 Å². The minimum absolute atomic E-state index is 0.288. The van der Waals surface area contributed by atoms with Gasteiger partial charge in [0, 0.05) is 11.8 Å². The van der Waals surface area contributed by atoms with E-state index in [-0.39, 0.29) is 5.82 Å². The molecule has 0 saturated heterocycles. The topological polar surface area (TPSA) is 38.9 Å². The fraction of sp³-hybridized carbons (Fsp3) is 0.154. The number of benzene rings is 1. The standard InChI is InChI=1S/C13H13FN2/c1-9-5-6-11(14)10(8-9)13(15)12-4-2-3-7-16-12/h2-8,13H,15H2,1H3. The first-order chi connectivity index (χ1) is 7.68. The lowest BCUT2D eigenvalue weighted by atomic mass is 10.0. The third-order valence-corrected chi connectivity index (χ3v) is 2.49. The molecule has 0 aliphatic rings. The molecule has 82 valence electrons. The lowest BCUT2D eigenvalue weighted by molar-refractivity contribution is 0.596. The predicted molar refractivity (Wildman–Crippen MR) is 61.4 cm³/mol. The van der Waals surface area contributed by atoms with Crippen molar-refractivity contribution in [3.05, 3.63) is 65.2 Å². The summed E-state index contributed by atoms with van der Waals surface area (Å²) in [6.07, 6.45) is 1.66. The molecule has 0 radical (unpaired) electrons. The maximum absolute atomic E-state index is 13.6. The van der Waals surface area contributed by atoms with Gasteiger partial charge in [0.1, 0.15) is 5.82 Å². The molecule has 2 N–H and O–H groups in total. The molecule has 1 heterocycles. The number of nitrogens with two attached hydrogens (primary N) is 1. The van der Waals surface area contributed by atoms with Crippen molar-refractivity contribution in [2.45, 2.75) is 13.0 Å². The van der Waals surface area contributed by atoms with Gasteiger partial charge in [0.05, 0.1) is 11.7 Å². The molecule has 1 unspecified atom stereocenters. The number of aromatic nitrogens is 1. The highest BCUT2D eigenvalue weighted by molar-refractivity contribution is 5.31. The number of rotatable bonds is 2. The van der Waals surface area contributed by atoms with Gasteiger partial charge in [0.25, 0.3) is 0 Å². The zero-order chi connectivity index (χ0) is 11.5. The van der Waals surface area contributed by atoms with Crippen molar-refractivity contribution in [2.75, 3.05) is 0 Å². The molecule has 3 heteroatoms. The van der Waals surface area contributed by atoms with E-state index >= 15 is 0 Å². The molecule has 0 fully saturated rings. The Morgan fingerprint density at radius 2 is 2.06 bits per heavy atom. The summed E-state index contributed by atoms with van der Waals surface area (Å²) in [5, 5.41) is 0. The Kier molecular flexibility index (Phi) is 2.97. The maximum Gasteiger partial charge on any atom is 0.128 e. The van der Waals surface area contributed by atoms with Crippen LogP contribution in [0.3, 0.4) is 0 Å². The van der Waals surface area contributed by atoms with Gasteiger partial charge in [-0.1, -0.05) is 23.8 Å². The molecule has 0 spiro atoms. The summed E-state index contributed by atoms with van der Waals surface area (Å²) >= 11 is 0. The van der Waals surface area contributed by atoms with Crippen molar-refractivity contribution in [3.8, 4) is 0 Å². The molecule has 16 heavy (non-hydrogen) atoms. The Balaban J connectivity index is 2.41. The lowest BCUT2D eigenvalue weighted by Crippen LogP contribution is -2.15. The molecule has 1 atom stereocenters. The van der Waals surface area contributed by atoms with E-state index in [1.54, 1.807) is 24.4 Å². The van der Waals surface area contributed by atoms with Crippen molar-refractivity contribution in [2.24, 2.45) is 5.73 Å². The van der Waals surface area contributed by atoms with Crippen LogP contribution >= 0.6 is 0 Å². The predicted octanol–water partition coefficient (Wildman–Crippen LogP) is 2.58. The average Bonchev–Trinajstić information content (AvgIpc) is 2.32. The van der Waals surface area contributed by atoms with Crippen LogP contribution in [-0.2, 0) is 0 Å². The first-order valence-electron chi connectivity index (χ1n) is 5.11. The summed E-state index contributed by atoms with van der Waals surface area (Å²) in [7, 11) is 0. The Labute approximate surface area is 93.9 Å². The lowest BCUT2D eigenvalue weighted by Gasteiger charge is -2.12. The zero-order valence-electron chi connectivity index (χ0n) is 9.02. The number of aryl methyl sites for hydroxylation is 1. The molecular formula is C13H13FN2. The van der Waals surface area contributed by atoms with Crippen molar-refractivity contribution in [1.29, 1.82) is 0 Å². The van der Waals surface area contributed by atoms with Crippen LogP contribution in [0.25, 0.3) is 0 Å². The van der Waals surface area contributed by atoms with Gasteiger partial charge < -0.3 is 5.73 Å². The van der Waals surface area contributed by atoms with Crippen LogP contribution in [0.2, 0.25) is 0 Å². The molecule has 2 rings (SSSR count). The van der Waals surface area contributed by atoms with Gasteiger partial charge in [-0.2, -0.15) is 0 Å². The third-order valence-electron chi connectivity index (χ3n) is 2.49. The summed E-state index contributed by atoms with van der Waals surface area (Å²) in [6, 6.07) is 9.86. The zero-order valence-corrected chi connectivity index (χ0v) is 9.02. The Bertz CT molecular complexity index is 483. The van der Waals surface area contributed by atoms with Crippen LogP contribution in [-0.4, -0.2) is 4.98 Å². The first kappa shape index (κ1) is 10.8. The van der Waals surface area contributed by atoms with E-state index in [1.165, 1.54) is 6.07 Å². The highest BCUT2D eigenvalue weighted by Gasteiger charge is 2.14. The largest absolute Gasteiger partial charge is 0.319 e. The molecule has 0 aliphatic carbocycles. The Morgan fingerprint density at radius 1 is 1.25 bits per heavy atom. The number of hydrogen-bond donors (Lipinski definition) is 1. The van der Waals surface area contributed by atoms with Crippen molar-refractivity contribution >= 4 is 0 Å². The number of nitrogens with zero attached hydrogens (tertiary/aromatic N) is 1. The molecule has 0 amide bonds. The van der Waals surface area contributed by atoms with E-state index in [0.717, 1.165) is 5.56 Å². The quantitative estimate of drug-likeness (QED) is 0.838. The fourth-order valence-corrected chi connectivity index (χ4v) is 1.62. The molecule has 2 aromatic rings. The summed E-state index contributed by atoms with van der Waals surface area (Å²) < 4.78 is 13.6. The molecule has 0 saturated carbocycles. The van der Waals surface area contributed by atoms with E-state index < -0.39 is 6.04 Å². The first-order valence-corrected chi connectivity index (χ1v) is 5.11. The SMILES string of the molecule is Cc1ccc(F)c(C(N)c2ccccn2)c1. The molecule has 2 nitrogen and oxygen atoms in total. The maximum atomic E-state index is 13.6. The second-order valence-electron chi connectivity index (χ2n) is 3.76. The van der Waals surface area contributed by atoms with E-state index in [4.69, 9.17) is 5.73 Å². The van der Waals surface area contributed by atoms with E-state index in [9.17, 15) is 4.39 Å². The second-order valence-corrected chi connectivity index (χ2v) is 3.76. The fourth-order valence-electron chi connectivity index (χ4n) is 1.62. The molecule has 1 aromatic heterocycles. The van der Waals surface area contributed by atoms with Crippen LogP contribution in [0.4, 0.5) is 4.39 Å². The Morgan fingerprint density at radius 3 is 2.75 bits per heavy atom. The van der Waals surface area contributed by atoms with Crippen molar-refractivity contribution in [3.63, 3.8) is 0 Å². The van der Waals surface area contributed by atoms with E-state index in [2.05, 4.69) is 4.98 Å². The average molecular weight is 216 g/mol. The van der Waals surface area contributed by atoms with E-state index in [0.29, 0.717) is 11.3 Å². The van der Waals surface area contributed by atoms with Gasteiger partial charge in [0.15, 0.2) is 0 Å². The molecular weight excluding hydrogens is 203 g/mol. The van der Waals surface area contributed by atoms with Gasteiger partial charge in [-0.15, -0.1) is 0 Å². The minimum atomic E-state index is -0.513. The van der Waals surface area contributed by atoms with Gasteiger partial charge >= 0.3 is 0 Å². The molecule has 0 aliphatic heterocycles. The summed E-state index contributed by atoms with van der Waals surface area (Å²) in [6.45, 7) is 1.91. The summed E-state index contributed by atoms with van der Waals surface area (Å²) in [4.78, 5) is 4.13. The summed E-state index contributed by atoms with van der Waals surface area (Å²) in [5.74, 6) is -0.288. The van der Waals surface area contributed by atoms with Gasteiger partial charge in [-0.05, 0) is 25.1 Å².